The van der Waals surface area contributed by atoms with Crippen molar-refractivity contribution in [3.8, 4) is 11.5 Å². The Morgan fingerprint density at radius 3 is 2.21 bits per heavy atom. The third kappa shape index (κ3) is 1.38. The summed E-state index contributed by atoms with van der Waals surface area (Å²) < 4.78 is 11.7. The van der Waals surface area contributed by atoms with Gasteiger partial charge in [-0.1, -0.05) is 12.1 Å². The standard InChI is InChI=1S/C29H14N2OS/c1-3-16-6-5-15-7-9-21-25-23(15)27(16)30(11-1)29(25)26-22(32-21)10-8-17-19-13-33-14-20(19)18-4-2-12-31(29)28(18)24(17)26/h1-14H/q+2. The van der Waals surface area contributed by atoms with Crippen LogP contribution in [0.1, 0.15) is 11.1 Å². The predicted octanol–water partition coefficient (Wildman–Crippen LogP) is 6.12. The zero-order valence-electron chi connectivity index (χ0n) is 17.3. The number of hydrogen-bond donors (Lipinski definition) is 0. The Bertz CT molecular complexity index is 2120. The molecule has 0 aliphatic carbocycles. The lowest BCUT2D eigenvalue weighted by molar-refractivity contribution is -0.945. The topological polar surface area (TPSA) is 17.0 Å². The Kier molecular flexibility index (Phi) is 2.23. The van der Waals surface area contributed by atoms with Crippen molar-refractivity contribution in [2.75, 3.05) is 0 Å². The zero-order chi connectivity index (χ0) is 21.1. The summed E-state index contributed by atoms with van der Waals surface area (Å²) in [6, 6.07) is 22.2. The molecule has 3 nitrogen and oxygen atoms in total. The second-order valence-corrected chi connectivity index (χ2v) is 10.1. The van der Waals surface area contributed by atoms with Gasteiger partial charge in [0.1, 0.15) is 11.5 Å². The maximum Gasteiger partial charge on any atom is 0.425 e. The number of thiophene rings is 1. The second kappa shape index (κ2) is 4.68. The summed E-state index contributed by atoms with van der Waals surface area (Å²) in [4.78, 5) is 0. The number of nitrogens with zero attached hydrogens (tertiary/aromatic N) is 2. The van der Waals surface area contributed by atoms with E-state index in [2.05, 4.69) is 93.0 Å². The van der Waals surface area contributed by atoms with Crippen LogP contribution in [-0.2, 0) is 5.66 Å². The molecule has 0 amide bonds. The zero-order valence-corrected chi connectivity index (χ0v) is 18.1. The summed E-state index contributed by atoms with van der Waals surface area (Å²) in [5, 5.41) is 15.1. The van der Waals surface area contributed by atoms with Gasteiger partial charge < -0.3 is 4.74 Å². The lowest BCUT2D eigenvalue weighted by atomic mass is 9.85. The highest BCUT2D eigenvalue weighted by atomic mass is 32.1. The molecule has 1 spiro atoms. The van der Waals surface area contributed by atoms with Gasteiger partial charge in [0.2, 0.25) is 11.0 Å². The third-order valence-corrected chi connectivity index (χ3v) is 8.90. The van der Waals surface area contributed by atoms with Crippen molar-refractivity contribution in [1.29, 1.82) is 0 Å². The fourth-order valence-electron chi connectivity index (χ4n) is 7.09. The van der Waals surface area contributed by atoms with E-state index in [0.29, 0.717) is 0 Å². The van der Waals surface area contributed by atoms with Gasteiger partial charge in [0, 0.05) is 28.3 Å². The average molecular weight is 439 g/mol. The van der Waals surface area contributed by atoms with Gasteiger partial charge in [-0.2, -0.15) is 11.3 Å². The van der Waals surface area contributed by atoms with Crippen LogP contribution in [0.2, 0.25) is 0 Å². The first kappa shape index (κ1) is 15.7. The fourth-order valence-corrected chi connectivity index (χ4v) is 7.94. The largest absolute Gasteiger partial charge is 0.456 e. The smallest absolute Gasteiger partial charge is 0.425 e. The van der Waals surface area contributed by atoms with E-state index in [1.165, 1.54) is 65.3 Å². The highest BCUT2D eigenvalue weighted by molar-refractivity contribution is 7.09. The van der Waals surface area contributed by atoms with Crippen molar-refractivity contribution >= 4 is 65.5 Å². The highest BCUT2D eigenvalue weighted by Gasteiger charge is 2.69. The SMILES string of the molecule is c1cc2ccc3ccc4c5c3c2[n+](c1)C51c2c(ccc3c5cscc5c5ccc[n+]1c5c23)O4. The van der Waals surface area contributed by atoms with Crippen molar-refractivity contribution in [2.24, 2.45) is 0 Å². The van der Waals surface area contributed by atoms with Crippen LogP contribution in [0, 0.1) is 0 Å². The molecule has 3 aliphatic heterocycles. The maximum absolute atomic E-state index is 6.68. The fraction of sp³-hybridized carbons (Fsp3) is 0.0345. The minimum Gasteiger partial charge on any atom is -0.456 e. The van der Waals surface area contributed by atoms with E-state index in [1.807, 2.05) is 0 Å². The molecule has 3 aromatic heterocycles. The monoisotopic (exact) mass is 438 g/mol. The number of ether oxygens (including phenoxy) is 1. The molecule has 4 aromatic carbocycles. The molecule has 0 saturated heterocycles. The van der Waals surface area contributed by atoms with E-state index in [-0.39, 0.29) is 0 Å². The first-order valence-corrected chi connectivity index (χ1v) is 12.2. The summed E-state index contributed by atoms with van der Waals surface area (Å²) in [6.07, 6.45) is 4.54. The number of aromatic nitrogens is 2. The van der Waals surface area contributed by atoms with Gasteiger partial charge in [-0.15, -0.1) is 9.13 Å². The van der Waals surface area contributed by atoms with E-state index in [9.17, 15) is 0 Å². The van der Waals surface area contributed by atoms with Crippen LogP contribution in [-0.4, -0.2) is 0 Å². The molecule has 7 aromatic rings. The Balaban J connectivity index is 1.61. The van der Waals surface area contributed by atoms with Crippen LogP contribution in [0.5, 0.6) is 11.5 Å². The van der Waals surface area contributed by atoms with Crippen LogP contribution in [0.3, 0.4) is 0 Å². The van der Waals surface area contributed by atoms with Crippen LogP contribution in [0.4, 0.5) is 0 Å². The molecule has 10 rings (SSSR count). The average Bonchev–Trinajstić information content (AvgIpc) is 3.55. The van der Waals surface area contributed by atoms with Gasteiger partial charge in [-0.25, -0.2) is 0 Å². The Labute approximate surface area is 191 Å². The van der Waals surface area contributed by atoms with Crippen molar-refractivity contribution in [3.63, 3.8) is 0 Å². The molecule has 150 valence electrons. The van der Waals surface area contributed by atoms with E-state index < -0.39 is 5.66 Å². The Morgan fingerprint density at radius 1 is 0.606 bits per heavy atom. The molecule has 6 heterocycles. The van der Waals surface area contributed by atoms with Crippen LogP contribution < -0.4 is 13.9 Å². The number of benzene rings is 4. The minimum atomic E-state index is -0.477. The first-order chi connectivity index (χ1) is 16.4. The molecular weight excluding hydrogens is 424 g/mol. The third-order valence-electron chi connectivity index (χ3n) is 8.16. The van der Waals surface area contributed by atoms with E-state index >= 15 is 0 Å². The molecule has 3 aliphatic rings. The summed E-state index contributed by atoms with van der Waals surface area (Å²) in [7, 11) is 0. The van der Waals surface area contributed by atoms with Crippen molar-refractivity contribution in [1.82, 2.24) is 0 Å². The van der Waals surface area contributed by atoms with Gasteiger partial charge in [-0.05, 0) is 57.9 Å². The summed E-state index contributed by atoms with van der Waals surface area (Å²) >= 11 is 1.78. The van der Waals surface area contributed by atoms with Crippen molar-refractivity contribution < 1.29 is 13.9 Å². The van der Waals surface area contributed by atoms with Crippen LogP contribution in [0.25, 0.3) is 54.1 Å². The number of hydrogen-bond acceptors (Lipinski definition) is 2. The summed E-state index contributed by atoms with van der Waals surface area (Å²) in [6.45, 7) is 0. The lowest BCUT2D eigenvalue weighted by Crippen LogP contribution is -2.72. The quantitative estimate of drug-likeness (QED) is 0.206. The van der Waals surface area contributed by atoms with Gasteiger partial charge in [0.25, 0.3) is 0 Å². The molecule has 33 heavy (non-hydrogen) atoms. The van der Waals surface area contributed by atoms with E-state index in [4.69, 9.17) is 4.74 Å². The summed E-state index contributed by atoms with van der Waals surface area (Å²) in [5.41, 5.74) is 4.67. The Morgan fingerprint density at radius 2 is 1.30 bits per heavy atom. The number of rotatable bonds is 0. The van der Waals surface area contributed by atoms with Gasteiger partial charge in [0.15, 0.2) is 23.5 Å². The molecule has 0 fully saturated rings. The van der Waals surface area contributed by atoms with E-state index in [1.54, 1.807) is 11.3 Å². The minimum absolute atomic E-state index is 0.477. The molecule has 1 atom stereocenters. The molecule has 4 heteroatoms. The Hall–Kier alpha value is -4.02. The van der Waals surface area contributed by atoms with Gasteiger partial charge >= 0.3 is 5.66 Å². The molecule has 0 saturated carbocycles. The number of pyridine rings is 2. The lowest BCUT2D eigenvalue weighted by Gasteiger charge is -2.26. The van der Waals surface area contributed by atoms with E-state index in [0.717, 1.165) is 11.5 Å². The normalized spacial score (nSPS) is 18.7. The van der Waals surface area contributed by atoms with Crippen molar-refractivity contribution in [2.45, 2.75) is 5.66 Å². The molecule has 0 radical (unpaired) electrons. The van der Waals surface area contributed by atoms with Crippen LogP contribution in [0.15, 0.2) is 83.8 Å². The molecular formula is C29H14N2OS+2. The predicted molar refractivity (Wildman–Crippen MR) is 130 cm³/mol. The molecule has 0 N–H and O–H groups in total. The summed E-state index contributed by atoms with van der Waals surface area (Å²) in [5.74, 6) is 1.93. The van der Waals surface area contributed by atoms with Gasteiger partial charge in [-0.3, -0.25) is 0 Å². The highest BCUT2D eigenvalue weighted by Crippen LogP contribution is 2.57. The second-order valence-electron chi connectivity index (χ2n) is 9.39. The van der Waals surface area contributed by atoms with Crippen LogP contribution >= 0.6 is 11.3 Å². The van der Waals surface area contributed by atoms with Crippen molar-refractivity contribution in [3.05, 3.63) is 94.9 Å². The maximum atomic E-state index is 6.68. The number of fused-ring (bicyclic) bond motifs is 3. The molecule has 1 unspecified atom stereocenters. The first-order valence-electron chi connectivity index (χ1n) is 11.3. The van der Waals surface area contributed by atoms with Gasteiger partial charge in [0.05, 0.1) is 16.2 Å². The molecule has 0 bridgehead atoms.